The number of rotatable bonds is 4. The minimum atomic E-state index is -1.96. The van der Waals surface area contributed by atoms with Crippen LogP contribution in [0.4, 0.5) is 17.6 Å². The second-order valence-electron chi connectivity index (χ2n) is 4.80. The van der Waals surface area contributed by atoms with Crippen molar-refractivity contribution in [2.75, 3.05) is 6.61 Å². The molecule has 0 saturated heterocycles. The second kappa shape index (κ2) is 5.88. The highest BCUT2D eigenvalue weighted by atomic mass is 19.2. The molecule has 1 aliphatic carbocycles. The fraction of sp³-hybridized carbons (Fsp3) is 0.385. The van der Waals surface area contributed by atoms with Crippen LogP contribution in [0.5, 0.6) is 0 Å². The second-order valence-corrected chi connectivity index (χ2v) is 4.80. The lowest BCUT2D eigenvalue weighted by Crippen LogP contribution is -2.25. The molecule has 0 atom stereocenters. The van der Waals surface area contributed by atoms with E-state index in [0.717, 1.165) is 0 Å². The highest BCUT2D eigenvalue weighted by molar-refractivity contribution is 5.93. The lowest BCUT2D eigenvalue weighted by Gasteiger charge is -2.16. The Morgan fingerprint density at radius 1 is 1.17 bits per heavy atom. The van der Waals surface area contributed by atoms with E-state index in [1.807, 2.05) is 0 Å². The maximum atomic E-state index is 14.2. The Balaban J connectivity index is 2.68. The molecule has 23 heavy (non-hydrogen) atoms. The van der Waals surface area contributed by atoms with Gasteiger partial charge in [-0.2, -0.15) is 0 Å². The van der Waals surface area contributed by atoms with Gasteiger partial charge in [-0.15, -0.1) is 0 Å². The number of carbonyl (C=O) groups is 2. The first-order valence-corrected chi connectivity index (χ1v) is 6.44. The molecule has 0 bridgehead atoms. The van der Waals surface area contributed by atoms with Crippen molar-refractivity contribution in [1.29, 1.82) is 0 Å². The van der Waals surface area contributed by atoms with Crippen LogP contribution in [0.1, 0.15) is 35.7 Å². The summed E-state index contributed by atoms with van der Waals surface area (Å²) in [4.78, 5) is 25.3. The Bertz CT molecular complexity index is 726. The molecule has 0 N–H and O–H groups in total. The average Bonchev–Trinajstić information content (AvgIpc) is 3.28. The molecular formula is C13H9F4N3O3. The minimum Gasteiger partial charge on any atom is -0.462 e. The Kier molecular flexibility index (Phi) is 4.28. The van der Waals surface area contributed by atoms with Gasteiger partial charge in [-0.05, 0) is 30.4 Å². The largest absolute Gasteiger partial charge is 0.462 e. The smallest absolute Gasteiger partial charge is 0.344 e. The number of esters is 1. The van der Waals surface area contributed by atoms with Gasteiger partial charge in [0.25, 0.3) is 0 Å². The molecule has 0 spiro atoms. The van der Waals surface area contributed by atoms with Crippen LogP contribution in [0.15, 0.2) is 5.11 Å². The van der Waals surface area contributed by atoms with E-state index >= 15 is 0 Å². The average molecular weight is 331 g/mol. The van der Waals surface area contributed by atoms with Crippen molar-refractivity contribution >= 4 is 11.9 Å². The number of hydrogen-bond acceptors (Lipinski definition) is 3. The molecule has 2 rings (SSSR count). The lowest BCUT2D eigenvalue weighted by molar-refractivity contribution is -0.120. The van der Waals surface area contributed by atoms with Gasteiger partial charge in [-0.1, -0.05) is 0 Å². The highest BCUT2D eigenvalue weighted by Gasteiger charge is 2.55. The van der Waals surface area contributed by atoms with Gasteiger partial charge in [0.1, 0.15) is 5.56 Å². The molecule has 1 aromatic carbocycles. The molecule has 1 fully saturated rings. The van der Waals surface area contributed by atoms with Gasteiger partial charge in [0.05, 0.1) is 12.0 Å². The summed E-state index contributed by atoms with van der Waals surface area (Å²) in [5.41, 5.74) is 3.59. The van der Waals surface area contributed by atoms with E-state index in [1.54, 1.807) is 0 Å². The number of ether oxygens (including phenoxy) is 1. The summed E-state index contributed by atoms with van der Waals surface area (Å²) >= 11 is 0. The first-order valence-electron chi connectivity index (χ1n) is 6.44. The quantitative estimate of drug-likeness (QED) is 0.212. The predicted octanol–water partition coefficient (Wildman–Crippen LogP) is 3.29. The van der Waals surface area contributed by atoms with Crippen molar-refractivity contribution in [1.82, 2.24) is 0 Å². The molecular weight excluding hydrogens is 322 g/mol. The fourth-order valence-electron chi connectivity index (χ4n) is 2.27. The monoisotopic (exact) mass is 331 g/mol. The summed E-state index contributed by atoms with van der Waals surface area (Å²) in [5.74, 6) is -10.5. The molecule has 122 valence electrons. The maximum absolute atomic E-state index is 14.2. The van der Waals surface area contributed by atoms with Gasteiger partial charge in [0, 0.05) is 10.5 Å². The normalized spacial score (nSPS) is 14.8. The topological polar surface area (TPSA) is 92.1 Å². The third kappa shape index (κ3) is 2.50. The van der Waals surface area contributed by atoms with Crippen LogP contribution >= 0.6 is 0 Å². The third-order valence-corrected chi connectivity index (χ3v) is 3.52. The van der Waals surface area contributed by atoms with E-state index in [4.69, 9.17) is 5.53 Å². The number of carbonyl (C=O) groups excluding carboxylic acids is 2. The van der Waals surface area contributed by atoms with Crippen LogP contribution in [0.2, 0.25) is 0 Å². The number of amides is 1. The van der Waals surface area contributed by atoms with Gasteiger partial charge in [-0.25, -0.2) is 22.4 Å². The Morgan fingerprint density at radius 3 is 2.09 bits per heavy atom. The van der Waals surface area contributed by atoms with E-state index in [9.17, 15) is 27.2 Å². The Morgan fingerprint density at radius 2 is 1.70 bits per heavy atom. The first kappa shape index (κ1) is 16.8. The molecule has 0 aromatic heterocycles. The lowest BCUT2D eigenvalue weighted by atomic mass is 9.92. The zero-order valence-electron chi connectivity index (χ0n) is 11.7. The number of benzene rings is 1. The van der Waals surface area contributed by atoms with Crippen molar-refractivity contribution in [2.24, 2.45) is 5.11 Å². The summed E-state index contributed by atoms with van der Waals surface area (Å²) in [7, 11) is 0. The van der Waals surface area contributed by atoms with E-state index in [-0.39, 0.29) is 19.4 Å². The van der Waals surface area contributed by atoms with Gasteiger partial charge >= 0.3 is 5.97 Å². The van der Waals surface area contributed by atoms with Gasteiger partial charge in [0.15, 0.2) is 23.3 Å². The van der Waals surface area contributed by atoms with Crippen LogP contribution in [0.3, 0.4) is 0 Å². The van der Waals surface area contributed by atoms with Crippen molar-refractivity contribution in [3.05, 3.63) is 44.8 Å². The molecule has 1 saturated carbocycles. The Hall–Kier alpha value is -2.61. The molecule has 0 unspecified atom stereocenters. The summed E-state index contributed by atoms with van der Waals surface area (Å²) in [6.07, 6.45) is -0.285. The first-order chi connectivity index (χ1) is 10.8. The molecule has 10 heteroatoms. The van der Waals surface area contributed by atoms with Crippen molar-refractivity contribution in [2.45, 2.75) is 25.2 Å². The van der Waals surface area contributed by atoms with E-state index in [0.29, 0.717) is 0 Å². The summed E-state index contributed by atoms with van der Waals surface area (Å²) < 4.78 is 60.6. The van der Waals surface area contributed by atoms with Gasteiger partial charge in [-0.3, -0.25) is 4.79 Å². The molecule has 0 heterocycles. The molecule has 6 nitrogen and oxygen atoms in total. The Labute approximate surface area is 126 Å². The van der Waals surface area contributed by atoms with Crippen molar-refractivity contribution < 1.29 is 31.9 Å². The zero-order chi connectivity index (χ0) is 17.4. The highest BCUT2D eigenvalue weighted by Crippen LogP contribution is 2.52. The number of nitrogens with zero attached hydrogens (tertiary/aromatic N) is 3. The molecule has 1 aliphatic rings. The predicted molar refractivity (Wildman–Crippen MR) is 67.3 cm³/mol. The number of azide groups is 1. The van der Waals surface area contributed by atoms with E-state index in [2.05, 4.69) is 14.8 Å². The van der Waals surface area contributed by atoms with Crippen LogP contribution in [-0.4, -0.2) is 18.5 Å². The van der Waals surface area contributed by atoms with Gasteiger partial charge < -0.3 is 4.74 Å². The fourth-order valence-corrected chi connectivity index (χ4v) is 2.27. The summed E-state index contributed by atoms with van der Waals surface area (Å²) in [6.45, 7) is 1.08. The van der Waals surface area contributed by atoms with Gasteiger partial charge in [0.2, 0.25) is 5.91 Å². The van der Waals surface area contributed by atoms with Crippen molar-refractivity contribution in [3.8, 4) is 0 Å². The van der Waals surface area contributed by atoms with E-state index in [1.165, 1.54) is 6.92 Å². The standard InChI is InChI=1S/C13H9F4N3O3/c1-2-23-11(21)5-7(14)9(16)6(10(17)8(5)15)13(3-4-13)12(22)19-20-18/h2-4H2,1H3. The SMILES string of the molecule is CCOC(=O)c1c(F)c(F)c(C2(C(=O)N=[N+]=[N-])CC2)c(F)c1F. The summed E-state index contributed by atoms with van der Waals surface area (Å²) in [5, 5.41) is 2.74. The van der Waals surface area contributed by atoms with Crippen LogP contribution in [0.25, 0.3) is 10.4 Å². The number of halogens is 4. The molecule has 1 amide bonds. The summed E-state index contributed by atoms with van der Waals surface area (Å²) in [6, 6.07) is 0. The minimum absolute atomic E-state index is 0.143. The van der Waals surface area contributed by atoms with E-state index < -0.39 is 51.7 Å². The van der Waals surface area contributed by atoms with Crippen molar-refractivity contribution in [3.63, 3.8) is 0 Å². The molecule has 0 aliphatic heterocycles. The van der Waals surface area contributed by atoms with Crippen LogP contribution in [-0.2, 0) is 14.9 Å². The van der Waals surface area contributed by atoms with Crippen LogP contribution in [0, 0.1) is 23.3 Å². The number of hydrogen-bond donors (Lipinski definition) is 0. The zero-order valence-corrected chi connectivity index (χ0v) is 11.7. The maximum Gasteiger partial charge on any atom is 0.344 e. The molecule has 0 radical (unpaired) electrons. The third-order valence-electron chi connectivity index (χ3n) is 3.52. The molecule has 1 aromatic rings. The van der Waals surface area contributed by atoms with Crippen LogP contribution < -0.4 is 0 Å².